The molecule has 0 atom stereocenters. The molecular weight excluding hydrogens is 445 g/mol. The van der Waals surface area contributed by atoms with Crippen LogP contribution in [0.2, 0.25) is 0 Å². The van der Waals surface area contributed by atoms with Crippen LogP contribution in [0.25, 0.3) is 0 Å². The Morgan fingerprint density at radius 2 is 1.91 bits per heavy atom. The minimum atomic E-state index is -0.998. The number of amides is 2. The molecule has 3 aliphatic rings. The van der Waals surface area contributed by atoms with Crippen molar-refractivity contribution in [2.45, 2.75) is 44.3 Å². The lowest BCUT2D eigenvalue weighted by molar-refractivity contribution is 0.0840. The van der Waals surface area contributed by atoms with Crippen molar-refractivity contribution in [3.8, 4) is 5.75 Å². The van der Waals surface area contributed by atoms with Crippen LogP contribution in [0.3, 0.4) is 0 Å². The van der Waals surface area contributed by atoms with E-state index >= 15 is 0 Å². The zero-order valence-corrected chi connectivity index (χ0v) is 18.1. The average molecular weight is 467 g/mol. The molecule has 176 valence electrons. The van der Waals surface area contributed by atoms with Gasteiger partial charge in [0.1, 0.15) is 17.9 Å². The lowest BCUT2D eigenvalue weighted by atomic mass is 9.77. The second kappa shape index (κ2) is 8.40. The number of fused-ring (bicyclic) bond motifs is 2. The molecule has 0 saturated heterocycles. The van der Waals surface area contributed by atoms with E-state index < -0.39 is 40.2 Å². The molecule has 11 heteroatoms. The number of aromatic nitrogens is 3. The largest absolute Gasteiger partial charge is 0.501 e. The normalized spacial score (nSPS) is 20.9. The van der Waals surface area contributed by atoms with Crippen LogP contribution in [0.15, 0.2) is 45.9 Å². The molecule has 0 spiro atoms. The summed E-state index contributed by atoms with van der Waals surface area (Å²) in [6, 6.07) is 7.00. The molecule has 0 radical (unpaired) electrons. The van der Waals surface area contributed by atoms with Gasteiger partial charge >= 0.3 is 0 Å². The number of aromatic hydroxyl groups is 1. The van der Waals surface area contributed by atoms with Gasteiger partial charge in [0, 0.05) is 19.2 Å². The number of carbonyl (C=O) groups excluding carboxylic acids is 2. The van der Waals surface area contributed by atoms with Crippen molar-refractivity contribution < 1.29 is 23.6 Å². The van der Waals surface area contributed by atoms with Crippen molar-refractivity contribution in [3.05, 3.63) is 75.5 Å². The predicted molar refractivity (Wildman–Crippen MR) is 115 cm³/mol. The van der Waals surface area contributed by atoms with E-state index in [1.807, 2.05) is 0 Å². The summed E-state index contributed by atoms with van der Waals surface area (Å²) in [5.41, 5.74) is -1.42. The highest BCUT2D eigenvalue weighted by Crippen LogP contribution is 2.43. The van der Waals surface area contributed by atoms with Gasteiger partial charge in [-0.25, -0.2) is 9.37 Å². The van der Waals surface area contributed by atoms with Gasteiger partial charge in [0.05, 0.1) is 5.54 Å². The number of carbonyl (C=O) groups is 2. The fraction of sp³-hybridized carbons (Fsp3) is 0.348. The number of halogens is 1. The molecule has 2 aliphatic heterocycles. The number of hydrogen-bond acceptors (Lipinski definition) is 7. The van der Waals surface area contributed by atoms with E-state index in [0.717, 1.165) is 12.8 Å². The number of rotatable bonds is 5. The molecule has 1 fully saturated rings. The fourth-order valence-electron chi connectivity index (χ4n) is 4.73. The Bertz CT molecular complexity index is 1290. The smallest absolute Gasteiger partial charge is 0.296 e. The minimum absolute atomic E-state index is 0.0504. The van der Waals surface area contributed by atoms with E-state index in [1.165, 1.54) is 41.2 Å². The SMILES string of the molecule is O=C(NC12CCC(CC1)Cn1c2nc(C(=O)NCc2ccc(F)cc2)c(O)c1=O)c1ccon1. The van der Waals surface area contributed by atoms with Gasteiger partial charge in [-0.3, -0.25) is 19.0 Å². The van der Waals surface area contributed by atoms with E-state index in [-0.39, 0.29) is 24.0 Å². The highest BCUT2D eigenvalue weighted by molar-refractivity contribution is 5.95. The minimum Gasteiger partial charge on any atom is -0.501 e. The maximum Gasteiger partial charge on any atom is 0.296 e. The van der Waals surface area contributed by atoms with Crippen LogP contribution in [0.5, 0.6) is 5.75 Å². The van der Waals surface area contributed by atoms with E-state index in [9.17, 15) is 23.9 Å². The molecular formula is C23H22FN5O5. The van der Waals surface area contributed by atoms with Crippen molar-refractivity contribution >= 4 is 11.8 Å². The van der Waals surface area contributed by atoms with Crippen molar-refractivity contribution in [1.29, 1.82) is 0 Å². The third-order valence-electron chi connectivity index (χ3n) is 6.58. The summed E-state index contributed by atoms with van der Waals surface area (Å²) in [5, 5.41) is 19.8. The maximum atomic E-state index is 13.1. The van der Waals surface area contributed by atoms with Crippen molar-refractivity contribution in [2.24, 2.45) is 5.92 Å². The van der Waals surface area contributed by atoms with Crippen LogP contribution in [0.1, 0.15) is 58.0 Å². The van der Waals surface area contributed by atoms with Gasteiger partial charge in [0.2, 0.25) is 5.75 Å². The Kier molecular flexibility index (Phi) is 5.39. The second-order valence-corrected chi connectivity index (χ2v) is 8.72. The number of nitrogens with zero attached hydrogens (tertiary/aromatic N) is 3. The van der Waals surface area contributed by atoms with Crippen molar-refractivity contribution in [3.63, 3.8) is 0 Å². The Labute approximate surface area is 192 Å². The first-order valence-electron chi connectivity index (χ1n) is 11.0. The number of hydrogen-bond donors (Lipinski definition) is 3. The monoisotopic (exact) mass is 467 g/mol. The fourth-order valence-corrected chi connectivity index (χ4v) is 4.73. The average Bonchev–Trinajstić information content (AvgIpc) is 3.29. The van der Waals surface area contributed by atoms with Crippen LogP contribution in [-0.4, -0.2) is 31.6 Å². The summed E-state index contributed by atoms with van der Waals surface area (Å²) in [7, 11) is 0. The zero-order chi connectivity index (χ0) is 23.9. The van der Waals surface area contributed by atoms with E-state index in [1.54, 1.807) is 0 Å². The predicted octanol–water partition coefficient (Wildman–Crippen LogP) is 1.84. The van der Waals surface area contributed by atoms with Crippen molar-refractivity contribution in [2.75, 3.05) is 0 Å². The molecule has 0 unspecified atom stereocenters. The second-order valence-electron chi connectivity index (χ2n) is 8.72. The Balaban J connectivity index is 1.50. The Morgan fingerprint density at radius 3 is 2.59 bits per heavy atom. The first-order chi connectivity index (χ1) is 16.4. The number of benzene rings is 1. The van der Waals surface area contributed by atoms with Gasteiger partial charge in [-0.15, -0.1) is 0 Å². The summed E-state index contributed by atoms with van der Waals surface area (Å²) in [6.45, 7) is 0.391. The van der Waals surface area contributed by atoms with Gasteiger partial charge < -0.3 is 20.3 Å². The molecule has 4 heterocycles. The first-order valence-corrected chi connectivity index (χ1v) is 11.0. The summed E-state index contributed by atoms with van der Waals surface area (Å²) in [5.74, 6) is -1.96. The molecule has 6 rings (SSSR count). The molecule has 3 aromatic rings. The summed E-state index contributed by atoms with van der Waals surface area (Å²) in [4.78, 5) is 43.2. The molecule has 10 nitrogen and oxygen atoms in total. The summed E-state index contributed by atoms with van der Waals surface area (Å²) in [6.07, 6.45) is 3.82. The number of nitrogens with one attached hydrogen (secondary N) is 2. The maximum absolute atomic E-state index is 13.1. The van der Waals surface area contributed by atoms with Crippen LogP contribution in [0.4, 0.5) is 4.39 Å². The highest BCUT2D eigenvalue weighted by atomic mass is 19.1. The van der Waals surface area contributed by atoms with Crippen LogP contribution in [-0.2, 0) is 18.6 Å². The van der Waals surface area contributed by atoms with E-state index in [0.29, 0.717) is 24.9 Å². The standard InChI is InChI=1S/C23H22FN5O5/c24-15-3-1-13(2-4-15)11-25-20(32)17-18(30)21(33)29-12-14-5-8-23(9-6-14,22(29)26-17)27-19(31)16-7-10-34-28-16/h1-4,7,10,14,30H,5-6,8-9,11-12H2,(H,25,32)(H,27,31). The third-order valence-corrected chi connectivity index (χ3v) is 6.58. The van der Waals surface area contributed by atoms with E-state index in [2.05, 4.69) is 20.8 Å². The molecule has 1 aliphatic carbocycles. The highest BCUT2D eigenvalue weighted by Gasteiger charge is 2.46. The lowest BCUT2D eigenvalue weighted by Crippen LogP contribution is -2.50. The van der Waals surface area contributed by atoms with Crippen molar-refractivity contribution in [1.82, 2.24) is 25.3 Å². The topological polar surface area (TPSA) is 139 Å². The quantitative estimate of drug-likeness (QED) is 0.520. The van der Waals surface area contributed by atoms with Crippen LogP contribution >= 0.6 is 0 Å². The zero-order valence-electron chi connectivity index (χ0n) is 18.1. The first kappa shape index (κ1) is 21.8. The molecule has 1 saturated carbocycles. The molecule has 2 amide bonds. The van der Waals surface area contributed by atoms with Gasteiger partial charge in [-0.2, -0.15) is 0 Å². The molecule has 2 aromatic heterocycles. The van der Waals surface area contributed by atoms with Gasteiger partial charge in [0.25, 0.3) is 17.4 Å². The molecule has 1 aromatic carbocycles. The molecule has 3 N–H and O–H groups in total. The van der Waals surface area contributed by atoms with Crippen LogP contribution < -0.4 is 16.2 Å². The van der Waals surface area contributed by atoms with Gasteiger partial charge in [-0.05, 0) is 49.3 Å². The third kappa shape index (κ3) is 3.82. The molecule has 2 bridgehead atoms. The van der Waals surface area contributed by atoms with E-state index in [4.69, 9.17) is 4.52 Å². The van der Waals surface area contributed by atoms with Gasteiger partial charge in [-0.1, -0.05) is 17.3 Å². The lowest BCUT2D eigenvalue weighted by Gasteiger charge is -2.36. The Hall–Kier alpha value is -4.02. The molecule has 34 heavy (non-hydrogen) atoms. The van der Waals surface area contributed by atoms with Gasteiger partial charge in [0.15, 0.2) is 11.4 Å². The Morgan fingerprint density at radius 1 is 1.18 bits per heavy atom. The summed E-state index contributed by atoms with van der Waals surface area (Å²) >= 11 is 0. The van der Waals surface area contributed by atoms with Crippen LogP contribution in [0, 0.1) is 11.7 Å². The summed E-state index contributed by atoms with van der Waals surface area (Å²) < 4.78 is 19.2.